The van der Waals surface area contributed by atoms with Crippen LogP contribution in [0.4, 0.5) is 15.4 Å². The highest BCUT2D eigenvalue weighted by atomic mass is 16.6. The molecule has 2 aromatic rings. The quantitative estimate of drug-likeness (QED) is 0.615. The summed E-state index contributed by atoms with van der Waals surface area (Å²) >= 11 is 0. The summed E-state index contributed by atoms with van der Waals surface area (Å²) in [5, 5.41) is 7.52. The molecule has 0 bridgehead atoms. The van der Waals surface area contributed by atoms with Crippen molar-refractivity contribution in [2.75, 3.05) is 11.9 Å². The Labute approximate surface area is 195 Å². The zero-order valence-electron chi connectivity index (χ0n) is 20.6. The third-order valence-electron chi connectivity index (χ3n) is 5.07. The van der Waals surface area contributed by atoms with Crippen LogP contribution in [-0.2, 0) is 27.9 Å². The molecule has 0 aliphatic carbocycles. The summed E-state index contributed by atoms with van der Waals surface area (Å²) in [7, 11) is 0. The Morgan fingerprint density at radius 1 is 1.09 bits per heavy atom. The number of benzene rings is 1. The molecule has 1 aromatic carbocycles. The van der Waals surface area contributed by atoms with E-state index in [9.17, 15) is 9.59 Å². The molecule has 178 valence electrons. The van der Waals surface area contributed by atoms with Crippen molar-refractivity contribution in [2.24, 2.45) is 0 Å². The zero-order chi connectivity index (χ0) is 24.6. The molecule has 0 unspecified atom stereocenters. The molecule has 3 rings (SSSR count). The molecule has 0 saturated heterocycles. The van der Waals surface area contributed by atoms with Gasteiger partial charge in [-0.05, 0) is 57.4 Å². The first-order chi connectivity index (χ1) is 15.2. The van der Waals surface area contributed by atoms with Crippen LogP contribution in [0.2, 0.25) is 0 Å². The van der Waals surface area contributed by atoms with Crippen LogP contribution >= 0.6 is 0 Å². The maximum atomic E-state index is 12.5. The molecule has 2 amide bonds. The van der Waals surface area contributed by atoms with Crippen LogP contribution in [0.3, 0.4) is 0 Å². The first kappa shape index (κ1) is 24.4. The Morgan fingerprint density at radius 3 is 2.39 bits per heavy atom. The van der Waals surface area contributed by atoms with Gasteiger partial charge in [0, 0.05) is 24.6 Å². The molecule has 1 aliphatic heterocycles. The monoisotopic (exact) mass is 454 g/mol. The van der Waals surface area contributed by atoms with Crippen molar-refractivity contribution >= 4 is 18.0 Å². The van der Waals surface area contributed by atoms with Gasteiger partial charge in [0.05, 0.1) is 17.1 Å². The van der Waals surface area contributed by atoms with E-state index in [1.54, 1.807) is 16.5 Å². The highest BCUT2D eigenvalue weighted by molar-refractivity contribution is 5.84. The second kappa shape index (κ2) is 8.92. The molecule has 1 aliphatic rings. The average molecular weight is 455 g/mol. The topological polar surface area (TPSA) is 85.7 Å². The summed E-state index contributed by atoms with van der Waals surface area (Å²) in [6.45, 7) is 18.1. The number of rotatable bonds is 3. The Hall–Kier alpha value is -3.29. The predicted molar refractivity (Wildman–Crippen MR) is 128 cm³/mol. The molecule has 8 nitrogen and oxygen atoms in total. The molecule has 0 atom stereocenters. The maximum Gasteiger partial charge on any atom is 0.417 e. The lowest BCUT2D eigenvalue weighted by Crippen LogP contribution is -2.39. The fourth-order valence-electron chi connectivity index (χ4n) is 3.48. The minimum absolute atomic E-state index is 0.206. The van der Waals surface area contributed by atoms with Crippen molar-refractivity contribution in [3.05, 3.63) is 53.4 Å². The summed E-state index contributed by atoms with van der Waals surface area (Å²) in [4.78, 5) is 26.4. The van der Waals surface area contributed by atoms with Gasteiger partial charge in [-0.2, -0.15) is 5.10 Å². The van der Waals surface area contributed by atoms with Crippen molar-refractivity contribution in [3.63, 3.8) is 0 Å². The van der Waals surface area contributed by atoms with Crippen molar-refractivity contribution in [1.29, 1.82) is 0 Å². The molecule has 2 heterocycles. The number of ether oxygens (including phenoxy) is 2. The Kier molecular flexibility index (Phi) is 6.58. The predicted octanol–water partition coefficient (Wildman–Crippen LogP) is 5.55. The summed E-state index contributed by atoms with van der Waals surface area (Å²) in [6.07, 6.45) is -0.215. The van der Waals surface area contributed by atoms with E-state index in [1.165, 1.54) is 0 Å². The number of nitrogens with zero attached hydrogens (tertiary/aromatic N) is 3. The van der Waals surface area contributed by atoms with Gasteiger partial charge in [-0.3, -0.25) is 5.32 Å². The Bertz CT molecular complexity index is 1070. The Morgan fingerprint density at radius 2 is 1.79 bits per heavy atom. The lowest BCUT2D eigenvalue weighted by Gasteiger charge is -2.31. The van der Waals surface area contributed by atoms with Crippen molar-refractivity contribution < 1.29 is 19.1 Å². The Balaban J connectivity index is 1.88. The van der Waals surface area contributed by atoms with Crippen LogP contribution in [0.5, 0.6) is 0 Å². The van der Waals surface area contributed by atoms with E-state index < -0.39 is 11.7 Å². The standard InChI is InChI=1S/C25H34N4O4/c1-16(2)32-22(30)26-21-14-20(24(3,4)5)27-29(21)19-10-9-18-15-28(12-11-17(18)13-19)23(31)33-25(6,7)8/h9-10,13-14H,1,11-12,15H2,2-8H3,(H,26,30). The first-order valence-corrected chi connectivity index (χ1v) is 11.1. The van der Waals surface area contributed by atoms with E-state index in [4.69, 9.17) is 14.6 Å². The molecular weight excluding hydrogens is 420 g/mol. The fourth-order valence-corrected chi connectivity index (χ4v) is 3.48. The highest BCUT2D eigenvalue weighted by Gasteiger charge is 2.27. The average Bonchev–Trinajstić information content (AvgIpc) is 3.09. The molecule has 8 heteroatoms. The molecule has 33 heavy (non-hydrogen) atoms. The number of allylic oxidation sites excluding steroid dienone is 1. The van der Waals surface area contributed by atoms with Gasteiger partial charge in [0.15, 0.2) is 0 Å². The number of fused-ring (bicyclic) bond motifs is 1. The van der Waals surface area contributed by atoms with Crippen molar-refractivity contribution in [2.45, 2.75) is 72.4 Å². The second-order valence-corrected chi connectivity index (χ2v) is 10.4. The van der Waals surface area contributed by atoms with Gasteiger partial charge >= 0.3 is 12.2 Å². The highest BCUT2D eigenvalue weighted by Crippen LogP contribution is 2.29. The fraction of sp³-hybridized carbons (Fsp3) is 0.480. The van der Waals surface area contributed by atoms with Crippen LogP contribution in [0, 0.1) is 0 Å². The van der Waals surface area contributed by atoms with Crippen molar-refractivity contribution in [3.8, 4) is 5.69 Å². The van der Waals surface area contributed by atoms with Crippen molar-refractivity contribution in [1.82, 2.24) is 14.7 Å². The number of hydrogen-bond acceptors (Lipinski definition) is 5. The number of amides is 2. The van der Waals surface area contributed by atoms with Crippen LogP contribution in [0.25, 0.3) is 5.69 Å². The van der Waals surface area contributed by atoms with E-state index in [0.29, 0.717) is 31.1 Å². The zero-order valence-corrected chi connectivity index (χ0v) is 20.6. The van der Waals surface area contributed by atoms with Crippen LogP contribution in [-0.4, -0.2) is 39.0 Å². The summed E-state index contributed by atoms with van der Waals surface area (Å²) in [5.41, 5.74) is 3.12. The van der Waals surface area contributed by atoms with Gasteiger partial charge in [0.25, 0.3) is 0 Å². The third kappa shape index (κ3) is 6.15. The number of carbonyl (C=O) groups is 2. The van der Waals surface area contributed by atoms with Gasteiger partial charge in [0.2, 0.25) is 0 Å². The minimum atomic E-state index is -0.616. The van der Waals surface area contributed by atoms with Gasteiger partial charge in [0.1, 0.15) is 11.4 Å². The largest absolute Gasteiger partial charge is 0.444 e. The molecule has 1 aromatic heterocycles. The number of nitrogens with one attached hydrogen (secondary N) is 1. The number of anilines is 1. The van der Waals surface area contributed by atoms with E-state index in [-0.39, 0.29) is 11.5 Å². The normalized spacial score (nSPS) is 13.8. The SMILES string of the molecule is C=C(C)OC(=O)Nc1cc(C(C)(C)C)nn1-c1ccc2c(c1)CCN(C(=O)OC(C)(C)C)C2. The smallest absolute Gasteiger partial charge is 0.417 e. The van der Waals surface area contributed by atoms with E-state index >= 15 is 0 Å². The van der Waals surface area contributed by atoms with Crippen LogP contribution in [0.1, 0.15) is 65.3 Å². The van der Waals surface area contributed by atoms with Gasteiger partial charge in [-0.1, -0.05) is 33.4 Å². The molecule has 0 radical (unpaired) electrons. The maximum absolute atomic E-state index is 12.5. The lowest BCUT2D eigenvalue weighted by atomic mass is 9.92. The minimum Gasteiger partial charge on any atom is -0.444 e. The summed E-state index contributed by atoms with van der Waals surface area (Å²) in [5.74, 6) is 0.815. The third-order valence-corrected chi connectivity index (χ3v) is 5.07. The van der Waals surface area contributed by atoms with Gasteiger partial charge < -0.3 is 14.4 Å². The van der Waals surface area contributed by atoms with E-state index in [0.717, 1.165) is 22.5 Å². The first-order valence-electron chi connectivity index (χ1n) is 11.1. The summed E-state index contributed by atoms with van der Waals surface area (Å²) in [6, 6.07) is 7.83. The molecular formula is C25H34N4O4. The number of aromatic nitrogens is 2. The molecule has 0 fully saturated rings. The van der Waals surface area contributed by atoms with Crippen LogP contribution in [0.15, 0.2) is 36.6 Å². The van der Waals surface area contributed by atoms with Gasteiger partial charge in [-0.25, -0.2) is 14.3 Å². The molecule has 1 N–H and O–H groups in total. The number of hydrogen-bond donors (Lipinski definition) is 1. The molecule has 0 saturated carbocycles. The van der Waals surface area contributed by atoms with E-state index in [2.05, 4.69) is 38.7 Å². The van der Waals surface area contributed by atoms with E-state index in [1.807, 2.05) is 39.0 Å². The van der Waals surface area contributed by atoms with Gasteiger partial charge in [-0.15, -0.1) is 0 Å². The summed E-state index contributed by atoms with van der Waals surface area (Å²) < 4.78 is 12.3. The second-order valence-electron chi connectivity index (χ2n) is 10.4. The number of carbonyl (C=O) groups excluding carboxylic acids is 2. The van der Waals surface area contributed by atoms with Crippen LogP contribution < -0.4 is 5.32 Å². The molecule has 0 spiro atoms. The lowest BCUT2D eigenvalue weighted by molar-refractivity contribution is 0.0224.